The molecule has 2 fully saturated rings. The quantitative estimate of drug-likeness (QED) is 0.436. The van der Waals surface area contributed by atoms with Crippen molar-refractivity contribution in [3.63, 3.8) is 0 Å². The fraction of sp³-hybridized carbons (Fsp3) is 0.367. The van der Waals surface area contributed by atoms with Crippen molar-refractivity contribution in [1.82, 2.24) is 9.80 Å². The molecule has 37 heavy (non-hydrogen) atoms. The monoisotopic (exact) mass is 518 g/mol. The van der Waals surface area contributed by atoms with Gasteiger partial charge in [0.25, 0.3) is 0 Å². The molecular formula is C30H34N2O4S. The Hall–Kier alpha value is -3.00. The van der Waals surface area contributed by atoms with E-state index >= 15 is 0 Å². The van der Waals surface area contributed by atoms with Gasteiger partial charge in [-0.2, -0.15) is 0 Å². The lowest BCUT2D eigenvalue weighted by atomic mass is 10.0. The molecule has 0 unspecified atom stereocenters. The van der Waals surface area contributed by atoms with Crippen molar-refractivity contribution < 1.29 is 17.9 Å². The van der Waals surface area contributed by atoms with Crippen LogP contribution in [0.2, 0.25) is 0 Å². The number of rotatable bonds is 6. The summed E-state index contributed by atoms with van der Waals surface area (Å²) in [4.78, 5) is 18.2. The van der Waals surface area contributed by atoms with Gasteiger partial charge in [0.2, 0.25) is 0 Å². The fourth-order valence-corrected chi connectivity index (χ4v) is 7.63. The first-order chi connectivity index (χ1) is 17.6. The largest absolute Gasteiger partial charge is 0.459 e. The van der Waals surface area contributed by atoms with Crippen molar-refractivity contribution in [2.45, 2.75) is 67.7 Å². The third kappa shape index (κ3) is 5.21. The number of esters is 1. The maximum Gasteiger partial charge on any atom is 0.323 e. The van der Waals surface area contributed by atoms with E-state index in [2.05, 4.69) is 34.1 Å². The van der Waals surface area contributed by atoms with E-state index in [1.807, 2.05) is 63.2 Å². The first kappa shape index (κ1) is 25.6. The van der Waals surface area contributed by atoms with E-state index in [0.29, 0.717) is 13.1 Å². The number of benzene rings is 3. The Morgan fingerprint density at radius 2 is 1.46 bits per heavy atom. The SMILES string of the molecule is CC(C)(C)OC(=O)[C@@H]1C[C@@H](S(=O)(=O)c2ccccc2)[C@H]2N(Cc3ccccc3)C[C@H](c3ccccc3)N12. The van der Waals surface area contributed by atoms with Crippen LogP contribution >= 0.6 is 0 Å². The van der Waals surface area contributed by atoms with Crippen LogP contribution in [0, 0.1) is 0 Å². The molecule has 4 atom stereocenters. The van der Waals surface area contributed by atoms with Gasteiger partial charge in [0.1, 0.15) is 11.6 Å². The zero-order valence-corrected chi connectivity index (χ0v) is 22.3. The third-order valence-electron chi connectivity index (χ3n) is 7.16. The van der Waals surface area contributed by atoms with Gasteiger partial charge in [-0.25, -0.2) is 8.42 Å². The lowest BCUT2D eigenvalue weighted by molar-refractivity contribution is -0.161. The average Bonchev–Trinajstić information content (AvgIpc) is 3.44. The summed E-state index contributed by atoms with van der Waals surface area (Å²) in [6.07, 6.45) is -0.279. The molecule has 0 aliphatic carbocycles. The first-order valence-corrected chi connectivity index (χ1v) is 14.3. The third-order valence-corrected chi connectivity index (χ3v) is 9.32. The van der Waals surface area contributed by atoms with Gasteiger partial charge in [0.05, 0.1) is 16.3 Å². The van der Waals surface area contributed by atoms with E-state index in [4.69, 9.17) is 4.74 Å². The molecule has 3 aromatic rings. The molecule has 0 bridgehead atoms. The Morgan fingerprint density at radius 3 is 2.05 bits per heavy atom. The van der Waals surface area contributed by atoms with Crippen molar-refractivity contribution in [2.24, 2.45) is 0 Å². The molecular weight excluding hydrogens is 484 g/mol. The first-order valence-electron chi connectivity index (χ1n) is 12.8. The standard InChI is InChI=1S/C30H34N2O4S/c1-30(2,3)36-29(33)25-19-27(37(34,35)24-17-11-6-12-18-24)28-31(20-22-13-7-4-8-14-22)21-26(32(25)28)23-15-9-5-10-16-23/h4-18,25-28H,19-21H2,1-3H3/t25-,26+,27+,28-/m0/s1. The molecule has 3 aromatic carbocycles. The summed E-state index contributed by atoms with van der Waals surface area (Å²) in [6.45, 7) is 6.73. The van der Waals surface area contributed by atoms with Gasteiger partial charge in [-0.05, 0) is 50.5 Å². The molecule has 2 aliphatic heterocycles. The number of nitrogens with zero attached hydrogens (tertiary/aromatic N) is 2. The highest BCUT2D eigenvalue weighted by Crippen LogP contribution is 2.46. The van der Waals surface area contributed by atoms with E-state index in [1.165, 1.54) is 0 Å². The minimum Gasteiger partial charge on any atom is -0.459 e. The molecule has 6 nitrogen and oxygen atoms in total. The van der Waals surface area contributed by atoms with Gasteiger partial charge in [-0.1, -0.05) is 78.9 Å². The summed E-state index contributed by atoms with van der Waals surface area (Å²) in [7, 11) is -3.72. The van der Waals surface area contributed by atoms with Gasteiger partial charge in [0, 0.05) is 19.1 Å². The summed E-state index contributed by atoms with van der Waals surface area (Å²) in [5, 5.41) is -0.773. The summed E-state index contributed by atoms with van der Waals surface area (Å²) < 4.78 is 34.0. The normalized spacial score (nSPS) is 24.6. The highest BCUT2D eigenvalue weighted by Gasteiger charge is 2.59. The predicted molar refractivity (Wildman–Crippen MR) is 143 cm³/mol. The van der Waals surface area contributed by atoms with Crippen LogP contribution < -0.4 is 0 Å². The van der Waals surface area contributed by atoms with Crippen LogP contribution in [-0.4, -0.2) is 53.8 Å². The maximum atomic E-state index is 14.1. The lowest BCUT2D eigenvalue weighted by Gasteiger charge is -2.32. The topological polar surface area (TPSA) is 66.9 Å². The van der Waals surface area contributed by atoms with E-state index in [1.54, 1.807) is 24.3 Å². The highest BCUT2D eigenvalue weighted by atomic mass is 32.2. The van der Waals surface area contributed by atoms with Crippen LogP contribution in [0.4, 0.5) is 0 Å². The minimum atomic E-state index is -3.72. The van der Waals surface area contributed by atoms with Crippen LogP contribution in [0.25, 0.3) is 0 Å². The second-order valence-electron chi connectivity index (χ2n) is 10.9. The van der Waals surface area contributed by atoms with Gasteiger partial charge < -0.3 is 4.74 Å². The summed E-state index contributed by atoms with van der Waals surface area (Å²) >= 11 is 0. The summed E-state index contributed by atoms with van der Waals surface area (Å²) in [6, 6.07) is 27.9. The van der Waals surface area contributed by atoms with Crippen LogP contribution in [0.1, 0.15) is 44.4 Å². The fourth-order valence-electron chi connectivity index (χ4n) is 5.68. The zero-order valence-electron chi connectivity index (χ0n) is 21.5. The molecule has 0 aromatic heterocycles. The number of hydrogen-bond acceptors (Lipinski definition) is 6. The number of carbonyl (C=O) groups is 1. The predicted octanol–water partition coefficient (Wildman–Crippen LogP) is 4.83. The minimum absolute atomic E-state index is 0.136. The molecule has 2 saturated heterocycles. The maximum absolute atomic E-state index is 14.1. The Morgan fingerprint density at radius 1 is 0.892 bits per heavy atom. The van der Waals surface area contributed by atoms with Crippen LogP contribution in [0.5, 0.6) is 0 Å². The van der Waals surface area contributed by atoms with E-state index in [0.717, 1.165) is 11.1 Å². The van der Waals surface area contributed by atoms with Crippen molar-refractivity contribution in [3.05, 3.63) is 102 Å². The smallest absolute Gasteiger partial charge is 0.323 e. The van der Waals surface area contributed by atoms with Crippen molar-refractivity contribution in [3.8, 4) is 0 Å². The Bertz CT molecular complexity index is 1320. The van der Waals surface area contributed by atoms with Crippen molar-refractivity contribution in [2.75, 3.05) is 6.54 Å². The summed E-state index contributed by atoms with van der Waals surface area (Å²) in [5.74, 6) is -0.370. The molecule has 0 amide bonds. The molecule has 0 spiro atoms. The number of carbonyl (C=O) groups excluding carboxylic acids is 1. The van der Waals surface area contributed by atoms with E-state index in [9.17, 15) is 13.2 Å². The highest BCUT2D eigenvalue weighted by molar-refractivity contribution is 7.92. The van der Waals surface area contributed by atoms with Gasteiger partial charge >= 0.3 is 5.97 Å². The molecule has 2 heterocycles. The Balaban J connectivity index is 1.61. The van der Waals surface area contributed by atoms with Gasteiger partial charge in [-0.3, -0.25) is 14.6 Å². The zero-order chi connectivity index (χ0) is 26.2. The molecule has 5 rings (SSSR count). The molecule has 194 valence electrons. The summed E-state index contributed by atoms with van der Waals surface area (Å²) in [5.41, 5.74) is 1.50. The van der Waals surface area contributed by atoms with Crippen LogP contribution in [-0.2, 0) is 25.9 Å². The number of hydrogen-bond donors (Lipinski definition) is 0. The second kappa shape index (κ2) is 10.0. The van der Waals surface area contributed by atoms with Crippen molar-refractivity contribution in [1.29, 1.82) is 0 Å². The van der Waals surface area contributed by atoms with Gasteiger partial charge in [0.15, 0.2) is 9.84 Å². The number of fused-ring (bicyclic) bond motifs is 1. The molecule has 7 heteroatoms. The lowest BCUT2D eigenvalue weighted by Crippen LogP contribution is -2.46. The molecule has 0 N–H and O–H groups in total. The van der Waals surface area contributed by atoms with Crippen molar-refractivity contribution >= 4 is 15.8 Å². The van der Waals surface area contributed by atoms with E-state index < -0.39 is 32.9 Å². The average molecular weight is 519 g/mol. The second-order valence-corrected chi connectivity index (χ2v) is 13.1. The molecule has 0 radical (unpaired) electrons. The van der Waals surface area contributed by atoms with Crippen LogP contribution in [0.3, 0.4) is 0 Å². The number of ether oxygens (including phenoxy) is 1. The Labute approximate surface area is 219 Å². The molecule has 2 aliphatic rings. The van der Waals surface area contributed by atoms with Gasteiger partial charge in [-0.15, -0.1) is 0 Å². The van der Waals surface area contributed by atoms with E-state index in [-0.39, 0.29) is 23.3 Å². The Kier molecular flexibility index (Phi) is 6.96. The number of sulfone groups is 1. The molecule has 0 saturated carbocycles. The van der Waals surface area contributed by atoms with Crippen LogP contribution in [0.15, 0.2) is 95.9 Å².